The zero-order valence-electron chi connectivity index (χ0n) is 16.2. The third-order valence-corrected chi connectivity index (χ3v) is 5.18. The fourth-order valence-electron chi connectivity index (χ4n) is 3.74. The van der Waals surface area contributed by atoms with Gasteiger partial charge in [-0.15, -0.1) is 0 Å². The molecule has 0 radical (unpaired) electrons. The Labute approximate surface area is 164 Å². The largest absolute Gasteiger partial charge is 0.459 e. The summed E-state index contributed by atoms with van der Waals surface area (Å²) in [6.45, 7) is 4.44. The highest BCUT2D eigenvalue weighted by Gasteiger charge is 2.38. The van der Waals surface area contributed by atoms with Crippen molar-refractivity contribution in [1.29, 1.82) is 0 Å². The number of halogens is 1. The first-order valence-corrected chi connectivity index (χ1v) is 9.87. The second kappa shape index (κ2) is 10.0. The molecule has 2 aliphatic rings. The van der Waals surface area contributed by atoms with Gasteiger partial charge in [0.15, 0.2) is 5.76 Å². The molecule has 0 saturated carbocycles. The van der Waals surface area contributed by atoms with Crippen molar-refractivity contribution in [3.8, 4) is 0 Å². The second-order valence-corrected chi connectivity index (χ2v) is 6.98. The highest BCUT2D eigenvalue weighted by molar-refractivity contribution is 5.92. The molecule has 1 saturated heterocycles. The first-order chi connectivity index (χ1) is 13.6. The highest BCUT2D eigenvalue weighted by atomic mass is 19.1. The minimum absolute atomic E-state index is 0.0642. The van der Waals surface area contributed by atoms with Gasteiger partial charge in [0.05, 0.1) is 13.2 Å². The maximum absolute atomic E-state index is 13.4. The number of hydrogen-bond acceptors (Lipinski definition) is 5. The molecule has 28 heavy (non-hydrogen) atoms. The lowest BCUT2D eigenvalue weighted by Crippen LogP contribution is -2.44. The monoisotopic (exact) mass is 393 g/mol. The van der Waals surface area contributed by atoms with E-state index in [-0.39, 0.29) is 35.9 Å². The molecule has 1 aromatic carbocycles. The number of benzene rings is 1. The normalized spacial score (nSPS) is 25.2. The van der Waals surface area contributed by atoms with E-state index in [1.54, 1.807) is 17.0 Å². The van der Waals surface area contributed by atoms with E-state index < -0.39 is 6.29 Å². The van der Waals surface area contributed by atoms with Crippen molar-refractivity contribution >= 4 is 5.91 Å². The molecule has 1 amide bonds. The summed E-state index contributed by atoms with van der Waals surface area (Å²) in [7, 11) is 0. The van der Waals surface area contributed by atoms with Crippen LogP contribution in [0.2, 0.25) is 0 Å². The molecule has 1 aromatic rings. The average Bonchev–Trinajstić information content (AvgIpc) is 2.73. The van der Waals surface area contributed by atoms with Crippen molar-refractivity contribution in [1.82, 2.24) is 4.90 Å². The van der Waals surface area contributed by atoms with Gasteiger partial charge in [-0.05, 0) is 43.5 Å². The van der Waals surface area contributed by atoms with Gasteiger partial charge in [-0.3, -0.25) is 4.79 Å². The van der Waals surface area contributed by atoms with Crippen LogP contribution in [0.4, 0.5) is 4.39 Å². The molecule has 0 aliphatic carbocycles. The molecule has 0 aromatic heterocycles. The van der Waals surface area contributed by atoms with E-state index in [9.17, 15) is 14.3 Å². The minimum Gasteiger partial charge on any atom is -0.459 e. The minimum atomic E-state index is -0.600. The van der Waals surface area contributed by atoms with Crippen LogP contribution in [0.25, 0.3) is 0 Å². The van der Waals surface area contributed by atoms with E-state index in [0.717, 1.165) is 5.56 Å². The maximum Gasteiger partial charge on any atom is 0.288 e. The molecular weight excluding hydrogens is 365 g/mol. The Hall–Kier alpha value is -1.96. The van der Waals surface area contributed by atoms with Gasteiger partial charge < -0.3 is 24.2 Å². The van der Waals surface area contributed by atoms with Crippen LogP contribution in [-0.4, -0.2) is 61.7 Å². The second-order valence-electron chi connectivity index (χ2n) is 6.98. The Kier molecular flexibility index (Phi) is 7.42. The number of rotatable bonds is 7. The molecule has 1 N–H and O–H groups in total. The average molecular weight is 393 g/mol. The third kappa shape index (κ3) is 4.90. The molecule has 6 nitrogen and oxygen atoms in total. The lowest BCUT2D eigenvalue weighted by Gasteiger charge is -2.38. The number of ether oxygens (including phenoxy) is 3. The Balaban J connectivity index is 1.92. The van der Waals surface area contributed by atoms with Crippen LogP contribution in [0, 0.1) is 11.7 Å². The number of carbonyl (C=O) groups is 1. The molecule has 2 heterocycles. The number of morpholine rings is 1. The zero-order valence-corrected chi connectivity index (χ0v) is 16.2. The van der Waals surface area contributed by atoms with Crippen LogP contribution in [-0.2, 0) is 19.0 Å². The predicted octanol–water partition coefficient (Wildman–Crippen LogP) is 2.43. The summed E-state index contributed by atoms with van der Waals surface area (Å²) < 4.78 is 30.5. The lowest BCUT2D eigenvalue weighted by atomic mass is 9.80. The molecule has 3 atom stereocenters. The van der Waals surface area contributed by atoms with Crippen molar-refractivity contribution in [2.75, 3.05) is 39.5 Å². The van der Waals surface area contributed by atoms with Gasteiger partial charge in [0, 0.05) is 38.1 Å². The van der Waals surface area contributed by atoms with Gasteiger partial charge in [-0.25, -0.2) is 4.39 Å². The standard InChI is InChI=1S/C21H28FNO5/c1-2-27-21-17(4-3-11-24)18(15-5-7-16(22)8-6-15)14-19(28-21)20(25)23-9-12-26-13-10-23/h5-8,14,17-18,21,24H,2-4,9-13H2,1H3/t17-,18-,21-/m0/s1. The molecule has 0 bridgehead atoms. The molecule has 3 rings (SSSR count). The van der Waals surface area contributed by atoms with Crippen LogP contribution in [0.3, 0.4) is 0 Å². The Morgan fingerprint density at radius 2 is 2.00 bits per heavy atom. The Morgan fingerprint density at radius 1 is 1.29 bits per heavy atom. The smallest absolute Gasteiger partial charge is 0.288 e. The maximum atomic E-state index is 13.4. The molecule has 1 fully saturated rings. The van der Waals surface area contributed by atoms with E-state index in [2.05, 4.69) is 0 Å². The van der Waals surface area contributed by atoms with Crippen LogP contribution in [0.1, 0.15) is 31.2 Å². The van der Waals surface area contributed by atoms with Crippen molar-refractivity contribution in [2.24, 2.45) is 5.92 Å². The molecular formula is C21H28FNO5. The summed E-state index contributed by atoms with van der Waals surface area (Å²) in [5.74, 6) is -0.482. The van der Waals surface area contributed by atoms with Gasteiger partial charge in [-0.2, -0.15) is 0 Å². The number of aliphatic hydroxyl groups excluding tert-OH is 1. The summed E-state index contributed by atoms with van der Waals surface area (Å²) in [6, 6.07) is 6.29. The van der Waals surface area contributed by atoms with Crippen molar-refractivity contribution in [2.45, 2.75) is 32.0 Å². The number of carbonyl (C=O) groups excluding carboxylic acids is 1. The molecule has 2 aliphatic heterocycles. The van der Waals surface area contributed by atoms with Crippen molar-refractivity contribution < 1.29 is 28.5 Å². The van der Waals surface area contributed by atoms with Crippen LogP contribution >= 0.6 is 0 Å². The molecule has 0 spiro atoms. The summed E-state index contributed by atoms with van der Waals surface area (Å²) in [5, 5.41) is 9.30. The van der Waals surface area contributed by atoms with Crippen molar-refractivity contribution in [3.63, 3.8) is 0 Å². The quantitative estimate of drug-likeness (QED) is 0.771. The van der Waals surface area contributed by atoms with Gasteiger partial charge in [0.1, 0.15) is 5.82 Å². The summed E-state index contributed by atoms with van der Waals surface area (Å²) in [5.41, 5.74) is 0.893. The Bertz CT molecular complexity index is 672. The van der Waals surface area contributed by atoms with E-state index >= 15 is 0 Å². The molecule has 0 unspecified atom stereocenters. The summed E-state index contributed by atoms with van der Waals surface area (Å²) >= 11 is 0. The van der Waals surface area contributed by atoms with E-state index in [1.165, 1.54) is 12.1 Å². The van der Waals surface area contributed by atoms with E-state index in [4.69, 9.17) is 14.2 Å². The Morgan fingerprint density at radius 3 is 2.64 bits per heavy atom. The summed E-state index contributed by atoms with van der Waals surface area (Å²) in [4.78, 5) is 14.7. The highest BCUT2D eigenvalue weighted by Crippen LogP contribution is 2.39. The van der Waals surface area contributed by atoms with E-state index in [0.29, 0.717) is 45.8 Å². The number of nitrogens with zero attached hydrogens (tertiary/aromatic N) is 1. The van der Waals surface area contributed by atoms with Crippen molar-refractivity contribution in [3.05, 3.63) is 47.5 Å². The lowest BCUT2D eigenvalue weighted by molar-refractivity contribution is -0.171. The first-order valence-electron chi connectivity index (χ1n) is 9.87. The molecule has 7 heteroatoms. The van der Waals surface area contributed by atoms with Gasteiger partial charge in [0.2, 0.25) is 6.29 Å². The molecule has 154 valence electrons. The first kappa shape index (κ1) is 20.8. The van der Waals surface area contributed by atoms with Crippen LogP contribution in [0.15, 0.2) is 36.1 Å². The fourth-order valence-corrected chi connectivity index (χ4v) is 3.74. The van der Waals surface area contributed by atoms with Gasteiger partial charge in [-0.1, -0.05) is 12.1 Å². The van der Waals surface area contributed by atoms with Gasteiger partial charge in [0.25, 0.3) is 5.91 Å². The van der Waals surface area contributed by atoms with E-state index in [1.807, 2.05) is 13.0 Å². The van der Waals surface area contributed by atoms with Crippen LogP contribution < -0.4 is 0 Å². The number of allylic oxidation sites excluding steroid dienone is 1. The number of hydrogen-bond donors (Lipinski definition) is 1. The third-order valence-electron chi connectivity index (χ3n) is 5.18. The number of aliphatic hydroxyl groups is 1. The summed E-state index contributed by atoms with van der Waals surface area (Å²) in [6.07, 6.45) is 2.48. The van der Waals surface area contributed by atoms with Crippen LogP contribution in [0.5, 0.6) is 0 Å². The fraction of sp³-hybridized carbons (Fsp3) is 0.571. The number of amides is 1. The van der Waals surface area contributed by atoms with Gasteiger partial charge >= 0.3 is 0 Å². The zero-order chi connectivity index (χ0) is 19.9. The predicted molar refractivity (Wildman–Crippen MR) is 101 cm³/mol. The SMILES string of the molecule is CCO[C@H]1OC(C(=O)N2CCOCC2)=C[C@@H](c2ccc(F)cc2)[C@@H]1CCCO. The topological polar surface area (TPSA) is 68.2 Å².